The van der Waals surface area contributed by atoms with Crippen LogP contribution in [0.25, 0.3) is 0 Å². The van der Waals surface area contributed by atoms with Crippen LogP contribution in [0.5, 0.6) is 0 Å². The highest BCUT2D eigenvalue weighted by atomic mass is 33.1. The summed E-state index contributed by atoms with van der Waals surface area (Å²) in [5, 5.41) is 8.54. The molecule has 0 rings (SSSR count). The first-order valence-electron chi connectivity index (χ1n) is 5.15. The lowest BCUT2D eigenvalue weighted by Crippen LogP contribution is -2.36. The highest BCUT2D eigenvalue weighted by Crippen LogP contribution is 2.22. The lowest BCUT2D eigenvalue weighted by molar-refractivity contribution is -0.157. The fraction of sp³-hybridized carbons (Fsp3) is 0.500. The van der Waals surface area contributed by atoms with Crippen LogP contribution < -0.4 is 11.5 Å². The van der Waals surface area contributed by atoms with E-state index in [0.717, 1.165) is 0 Å². The predicted octanol–water partition coefficient (Wildman–Crippen LogP) is -0.247. The second kappa shape index (κ2) is 8.97. The van der Waals surface area contributed by atoms with Crippen LogP contribution in [0.1, 0.15) is 6.92 Å². The highest BCUT2D eigenvalue weighted by Gasteiger charge is 2.20. The second-order valence-electron chi connectivity index (χ2n) is 3.61. The zero-order valence-corrected chi connectivity index (χ0v) is 12.0. The standard InChI is InChI=1S/C10H16N2O5S2/c1-5(2)9(15)17-10(16)7(12)4-19-18-3-6(11)8(13)14/h6-7H,1,3-4,11-12H2,2H3,(H,13,14)/t6-,7-/m0/s1. The molecule has 9 heteroatoms. The van der Waals surface area contributed by atoms with Crippen LogP contribution in [0, 0.1) is 0 Å². The van der Waals surface area contributed by atoms with E-state index in [-0.39, 0.29) is 17.1 Å². The predicted molar refractivity (Wildman–Crippen MR) is 74.4 cm³/mol. The maximum absolute atomic E-state index is 11.3. The molecule has 19 heavy (non-hydrogen) atoms. The van der Waals surface area contributed by atoms with Gasteiger partial charge in [0.05, 0.1) is 0 Å². The number of carbonyl (C=O) groups is 3. The summed E-state index contributed by atoms with van der Waals surface area (Å²) in [6.45, 7) is 4.75. The molecule has 7 nitrogen and oxygen atoms in total. The molecular formula is C10H16N2O5S2. The Balaban J connectivity index is 3.89. The van der Waals surface area contributed by atoms with Crippen LogP contribution in [0.4, 0.5) is 0 Å². The zero-order valence-electron chi connectivity index (χ0n) is 10.3. The molecule has 0 saturated heterocycles. The topological polar surface area (TPSA) is 133 Å². The first-order valence-corrected chi connectivity index (χ1v) is 7.64. The summed E-state index contributed by atoms with van der Waals surface area (Å²) in [5.74, 6) is -2.38. The van der Waals surface area contributed by atoms with E-state index < -0.39 is 30.0 Å². The van der Waals surface area contributed by atoms with Crippen molar-refractivity contribution < 1.29 is 24.2 Å². The quantitative estimate of drug-likeness (QED) is 0.182. The summed E-state index contributed by atoms with van der Waals surface area (Å²) < 4.78 is 4.45. The molecule has 0 radical (unpaired) electrons. The minimum atomic E-state index is -1.09. The number of hydrogen-bond acceptors (Lipinski definition) is 8. The van der Waals surface area contributed by atoms with Gasteiger partial charge in [0.15, 0.2) is 0 Å². The van der Waals surface area contributed by atoms with Crippen molar-refractivity contribution in [2.45, 2.75) is 19.0 Å². The molecule has 2 atom stereocenters. The molecular weight excluding hydrogens is 292 g/mol. The molecule has 0 aromatic heterocycles. The molecule has 5 N–H and O–H groups in total. The molecule has 108 valence electrons. The van der Waals surface area contributed by atoms with E-state index >= 15 is 0 Å². The van der Waals surface area contributed by atoms with E-state index in [1.807, 2.05) is 0 Å². The highest BCUT2D eigenvalue weighted by molar-refractivity contribution is 8.76. The average Bonchev–Trinajstić information content (AvgIpc) is 2.33. The van der Waals surface area contributed by atoms with Crippen molar-refractivity contribution in [3.63, 3.8) is 0 Å². The Bertz CT molecular complexity index is 375. The Kier molecular flexibility index (Phi) is 8.48. The van der Waals surface area contributed by atoms with E-state index in [2.05, 4.69) is 11.3 Å². The van der Waals surface area contributed by atoms with E-state index in [1.165, 1.54) is 28.5 Å². The van der Waals surface area contributed by atoms with Crippen LogP contribution in [-0.2, 0) is 19.1 Å². The SMILES string of the molecule is C=C(C)C(=O)OC(=O)[C@@H](N)CSSC[C@H](N)C(=O)O. The van der Waals surface area contributed by atoms with Gasteiger partial charge in [-0.1, -0.05) is 28.2 Å². The van der Waals surface area contributed by atoms with Crippen LogP contribution in [-0.4, -0.2) is 46.6 Å². The number of nitrogens with two attached hydrogens (primary N) is 2. The Morgan fingerprint density at radius 3 is 2.11 bits per heavy atom. The van der Waals surface area contributed by atoms with Gasteiger partial charge in [0.25, 0.3) is 0 Å². The Labute approximate surface area is 118 Å². The summed E-state index contributed by atoms with van der Waals surface area (Å²) in [7, 11) is 2.37. The summed E-state index contributed by atoms with van der Waals surface area (Å²) in [5.41, 5.74) is 10.9. The van der Waals surface area contributed by atoms with Crippen LogP contribution in [0.15, 0.2) is 12.2 Å². The van der Waals surface area contributed by atoms with Crippen molar-refractivity contribution in [1.82, 2.24) is 0 Å². The first kappa shape index (κ1) is 18.0. The van der Waals surface area contributed by atoms with Gasteiger partial charge >= 0.3 is 17.9 Å². The molecule has 0 aromatic rings. The van der Waals surface area contributed by atoms with Crippen LogP contribution in [0.3, 0.4) is 0 Å². The Morgan fingerprint density at radius 2 is 1.68 bits per heavy atom. The number of ether oxygens (including phenoxy) is 1. The molecule has 0 heterocycles. The molecule has 0 saturated carbocycles. The lowest BCUT2D eigenvalue weighted by atomic mass is 10.3. The van der Waals surface area contributed by atoms with Crippen molar-refractivity contribution in [3.8, 4) is 0 Å². The molecule has 0 amide bonds. The monoisotopic (exact) mass is 308 g/mol. The minimum Gasteiger partial charge on any atom is -0.480 e. The van der Waals surface area contributed by atoms with Gasteiger partial charge in [-0.25, -0.2) is 9.59 Å². The number of carboxylic acids is 1. The van der Waals surface area contributed by atoms with E-state index in [4.69, 9.17) is 16.6 Å². The summed E-state index contributed by atoms with van der Waals surface area (Å²) in [4.78, 5) is 32.8. The number of carboxylic acid groups (broad SMARTS) is 1. The van der Waals surface area contributed by atoms with Crippen molar-refractivity contribution >= 4 is 39.5 Å². The lowest BCUT2D eigenvalue weighted by Gasteiger charge is -2.10. The normalized spacial score (nSPS) is 13.4. The number of hydrogen-bond donors (Lipinski definition) is 3. The van der Waals surface area contributed by atoms with E-state index in [0.29, 0.717) is 0 Å². The van der Waals surface area contributed by atoms with Gasteiger partial charge < -0.3 is 21.3 Å². The molecule has 0 aliphatic rings. The van der Waals surface area contributed by atoms with Gasteiger partial charge in [-0.2, -0.15) is 0 Å². The smallest absolute Gasteiger partial charge is 0.340 e. The van der Waals surface area contributed by atoms with E-state index in [9.17, 15) is 14.4 Å². The van der Waals surface area contributed by atoms with Gasteiger partial charge in [-0.15, -0.1) is 0 Å². The average molecular weight is 308 g/mol. The van der Waals surface area contributed by atoms with Crippen molar-refractivity contribution in [2.75, 3.05) is 11.5 Å². The van der Waals surface area contributed by atoms with Crippen molar-refractivity contribution in [2.24, 2.45) is 11.5 Å². The molecule has 0 aliphatic heterocycles. The summed E-state index contributed by atoms with van der Waals surface area (Å²) in [6.07, 6.45) is 0. The zero-order chi connectivity index (χ0) is 15.0. The van der Waals surface area contributed by atoms with Crippen LogP contribution >= 0.6 is 21.6 Å². The molecule has 0 aromatic carbocycles. The molecule has 0 spiro atoms. The minimum absolute atomic E-state index is 0.106. The number of esters is 2. The molecule has 0 bridgehead atoms. The fourth-order valence-electron chi connectivity index (χ4n) is 0.636. The first-order chi connectivity index (χ1) is 8.75. The fourth-order valence-corrected chi connectivity index (χ4v) is 2.86. The number of aliphatic carboxylic acids is 1. The molecule has 0 fully saturated rings. The summed E-state index contributed by atoms with van der Waals surface area (Å²) in [6, 6.07) is -1.94. The van der Waals surface area contributed by atoms with Crippen molar-refractivity contribution in [3.05, 3.63) is 12.2 Å². The van der Waals surface area contributed by atoms with E-state index in [1.54, 1.807) is 0 Å². The Morgan fingerprint density at radius 1 is 1.21 bits per heavy atom. The third-order valence-electron chi connectivity index (χ3n) is 1.74. The van der Waals surface area contributed by atoms with Gasteiger partial charge in [-0.3, -0.25) is 4.79 Å². The Hall–Kier alpha value is -1.03. The summed E-state index contributed by atoms with van der Waals surface area (Å²) >= 11 is 0. The van der Waals surface area contributed by atoms with Gasteiger partial charge in [-0.05, 0) is 6.92 Å². The molecule has 0 unspecified atom stereocenters. The van der Waals surface area contributed by atoms with Gasteiger partial charge in [0.1, 0.15) is 12.1 Å². The van der Waals surface area contributed by atoms with Gasteiger partial charge in [0, 0.05) is 17.1 Å². The third kappa shape index (κ3) is 7.88. The third-order valence-corrected chi connectivity index (χ3v) is 4.21. The maximum Gasteiger partial charge on any atom is 0.340 e. The molecule has 0 aliphatic carbocycles. The second-order valence-corrected chi connectivity index (χ2v) is 6.16. The van der Waals surface area contributed by atoms with Gasteiger partial charge in [0.2, 0.25) is 0 Å². The van der Waals surface area contributed by atoms with Crippen molar-refractivity contribution in [1.29, 1.82) is 0 Å². The number of carbonyl (C=O) groups excluding carboxylic acids is 2. The maximum atomic E-state index is 11.3. The number of rotatable bonds is 8. The van der Waals surface area contributed by atoms with Crippen LogP contribution in [0.2, 0.25) is 0 Å². The largest absolute Gasteiger partial charge is 0.480 e.